The zero-order valence-corrected chi connectivity index (χ0v) is 19.1. The van der Waals surface area contributed by atoms with E-state index in [-0.39, 0.29) is 28.7 Å². The third-order valence-electron chi connectivity index (χ3n) is 7.07. The van der Waals surface area contributed by atoms with Gasteiger partial charge < -0.3 is 14.6 Å². The van der Waals surface area contributed by atoms with Crippen molar-refractivity contribution in [2.45, 2.75) is 92.8 Å². The van der Waals surface area contributed by atoms with Gasteiger partial charge in [0.05, 0.1) is 6.10 Å². The Morgan fingerprint density at radius 1 is 1.14 bits per heavy atom. The number of fused-ring (bicyclic) bond motifs is 1. The van der Waals surface area contributed by atoms with Gasteiger partial charge in [0.2, 0.25) is 0 Å². The molecule has 5 heteroatoms. The topological polar surface area (TPSA) is 72.8 Å². The summed E-state index contributed by atoms with van der Waals surface area (Å²) in [6.45, 7) is 13.9. The quantitative estimate of drug-likeness (QED) is 0.510. The van der Waals surface area contributed by atoms with Crippen LogP contribution < -0.4 is 0 Å². The minimum atomic E-state index is -0.691. The third-order valence-corrected chi connectivity index (χ3v) is 7.07. The molecule has 2 aliphatic carbocycles. The van der Waals surface area contributed by atoms with Crippen LogP contribution in [0, 0.1) is 16.7 Å². The van der Waals surface area contributed by atoms with E-state index in [0.717, 1.165) is 43.3 Å². The molecule has 29 heavy (non-hydrogen) atoms. The summed E-state index contributed by atoms with van der Waals surface area (Å²) in [5.74, 6) is -0.600. The van der Waals surface area contributed by atoms with Gasteiger partial charge in [0.1, 0.15) is 12.7 Å². The Labute approximate surface area is 175 Å². The molecule has 0 aromatic heterocycles. The molecule has 1 fully saturated rings. The molecule has 0 radical (unpaired) electrons. The van der Waals surface area contributed by atoms with Crippen molar-refractivity contribution in [2.75, 3.05) is 6.61 Å². The van der Waals surface area contributed by atoms with Crippen molar-refractivity contribution in [3.8, 4) is 0 Å². The van der Waals surface area contributed by atoms with Gasteiger partial charge in [-0.3, -0.25) is 9.59 Å². The van der Waals surface area contributed by atoms with Gasteiger partial charge in [-0.15, -0.1) is 0 Å². The third kappa shape index (κ3) is 5.11. The van der Waals surface area contributed by atoms with Crippen LogP contribution in [0.25, 0.3) is 0 Å². The number of rotatable bonds is 6. The fraction of sp³-hybridized carbons (Fsp3) is 0.750. The summed E-state index contributed by atoms with van der Waals surface area (Å²) in [5, 5.41) is 11.3. The van der Waals surface area contributed by atoms with Crippen LogP contribution in [0.1, 0.15) is 80.6 Å². The van der Waals surface area contributed by atoms with Gasteiger partial charge in [-0.05, 0) is 62.0 Å². The minimum absolute atomic E-state index is 0.0308. The predicted octanol–water partition coefficient (Wildman–Crippen LogP) is 4.73. The molecule has 0 amide bonds. The van der Waals surface area contributed by atoms with Crippen LogP contribution >= 0.6 is 0 Å². The van der Waals surface area contributed by atoms with E-state index in [9.17, 15) is 14.7 Å². The standard InChI is InChI=1S/C24H38O5/c1-15(11-14-28-17(3)25)9-10-19-16(2)21(29-18(4)26)20(27)22-23(5,6)12-8-13-24(19,22)7/h11,20-22,27H,8-10,12-14H2,1-7H3. The number of carbonyl (C=O) groups is 2. The van der Waals surface area contributed by atoms with E-state index < -0.39 is 12.2 Å². The number of hydrogen-bond donors (Lipinski definition) is 1. The normalized spacial score (nSPS) is 31.9. The van der Waals surface area contributed by atoms with E-state index in [2.05, 4.69) is 20.8 Å². The molecule has 0 bridgehead atoms. The smallest absolute Gasteiger partial charge is 0.303 e. The molecule has 0 aliphatic heterocycles. The fourth-order valence-corrected chi connectivity index (χ4v) is 5.86. The zero-order chi connectivity index (χ0) is 22.0. The lowest BCUT2D eigenvalue weighted by Crippen LogP contribution is -2.57. The maximum absolute atomic E-state index is 11.7. The summed E-state index contributed by atoms with van der Waals surface area (Å²) in [6.07, 6.45) is 5.60. The zero-order valence-electron chi connectivity index (χ0n) is 19.1. The van der Waals surface area contributed by atoms with Crippen molar-refractivity contribution < 1.29 is 24.2 Å². The van der Waals surface area contributed by atoms with Crippen LogP contribution in [0.15, 0.2) is 22.8 Å². The molecule has 0 aromatic rings. The summed E-state index contributed by atoms with van der Waals surface area (Å²) in [4.78, 5) is 22.7. The number of esters is 2. The average molecular weight is 407 g/mol. The largest absolute Gasteiger partial charge is 0.462 e. The van der Waals surface area contributed by atoms with E-state index in [1.165, 1.54) is 19.4 Å². The summed E-state index contributed by atoms with van der Waals surface area (Å²) in [5.41, 5.74) is 3.33. The highest BCUT2D eigenvalue weighted by atomic mass is 16.6. The van der Waals surface area contributed by atoms with E-state index >= 15 is 0 Å². The molecular weight excluding hydrogens is 368 g/mol. The number of aliphatic hydroxyl groups is 1. The number of hydrogen-bond acceptors (Lipinski definition) is 5. The Kier molecular flexibility index (Phi) is 7.37. The van der Waals surface area contributed by atoms with Gasteiger partial charge in [-0.2, -0.15) is 0 Å². The Hall–Kier alpha value is -1.62. The van der Waals surface area contributed by atoms with Crippen molar-refractivity contribution in [3.05, 3.63) is 22.8 Å². The molecule has 2 aliphatic rings. The Morgan fingerprint density at radius 2 is 1.79 bits per heavy atom. The predicted molar refractivity (Wildman–Crippen MR) is 113 cm³/mol. The summed E-state index contributed by atoms with van der Waals surface area (Å²) in [7, 11) is 0. The lowest BCUT2D eigenvalue weighted by Gasteiger charge is -2.58. The number of ether oxygens (including phenoxy) is 2. The molecule has 4 atom stereocenters. The highest BCUT2D eigenvalue weighted by Gasteiger charge is 2.57. The molecular formula is C24H38O5. The second-order valence-corrected chi connectivity index (χ2v) is 9.77. The van der Waals surface area contributed by atoms with Gasteiger partial charge in [-0.25, -0.2) is 0 Å². The highest BCUT2D eigenvalue weighted by molar-refractivity contribution is 5.67. The lowest BCUT2D eigenvalue weighted by molar-refractivity contribution is -0.164. The second kappa shape index (κ2) is 9.03. The SMILES string of the molecule is CC(=O)OCC=C(C)CCC1=C(C)C(OC(C)=O)C(O)C2C(C)(C)CCCC12C. The van der Waals surface area contributed by atoms with E-state index in [0.29, 0.717) is 6.61 Å². The number of carbonyl (C=O) groups excluding carboxylic acids is 2. The van der Waals surface area contributed by atoms with Crippen molar-refractivity contribution in [3.63, 3.8) is 0 Å². The molecule has 0 heterocycles. The van der Waals surface area contributed by atoms with Gasteiger partial charge in [0.25, 0.3) is 0 Å². The van der Waals surface area contributed by atoms with Crippen LogP contribution in [-0.4, -0.2) is 35.9 Å². The first-order valence-electron chi connectivity index (χ1n) is 10.7. The maximum atomic E-state index is 11.7. The van der Waals surface area contributed by atoms with E-state index in [1.807, 2.05) is 19.9 Å². The van der Waals surface area contributed by atoms with Crippen LogP contribution in [0.3, 0.4) is 0 Å². The van der Waals surface area contributed by atoms with Crippen LogP contribution in [0.2, 0.25) is 0 Å². The molecule has 4 unspecified atom stereocenters. The Morgan fingerprint density at radius 3 is 2.38 bits per heavy atom. The lowest BCUT2D eigenvalue weighted by atomic mass is 9.48. The van der Waals surface area contributed by atoms with Crippen molar-refractivity contribution >= 4 is 11.9 Å². The highest BCUT2D eigenvalue weighted by Crippen LogP contribution is 2.60. The fourth-order valence-electron chi connectivity index (χ4n) is 5.86. The first-order chi connectivity index (χ1) is 13.4. The molecule has 2 rings (SSSR count). The van der Waals surface area contributed by atoms with Crippen LogP contribution in [-0.2, 0) is 19.1 Å². The minimum Gasteiger partial charge on any atom is -0.462 e. The molecule has 5 nitrogen and oxygen atoms in total. The van der Waals surface area contributed by atoms with Gasteiger partial charge >= 0.3 is 11.9 Å². The number of aliphatic hydroxyl groups excluding tert-OH is 1. The molecule has 1 N–H and O–H groups in total. The monoisotopic (exact) mass is 406 g/mol. The summed E-state index contributed by atoms with van der Waals surface area (Å²) < 4.78 is 10.6. The van der Waals surface area contributed by atoms with Crippen LogP contribution in [0.5, 0.6) is 0 Å². The van der Waals surface area contributed by atoms with Gasteiger partial charge in [-0.1, -0.05) is 38.3 Å². The Balaban J connectivity index is 2.35. The summed E-state index contributed by atoms with van der Waals surface area (Å²) in [6, 6.07) is 0. The second-order valence-electron chi connectivity index (χ2n) is 9.77. The first kappa shape index (κ1) is 23.7. The first-order valence-corrected chi connectivity index (χ1v) is 10.7. The molecule has 1 saturated carbocycles. The van der Waals surface area contributed by atoms with Crippen molar-refractivity contribution in [1.29, 1.82) is 0 Å². The molecule has 0 spiro atoms. The number of allylic oxidation sites excluding steroid dienone is 2. The maximum Gasteiger partial charge on any atom is 0.303 e. The van der Waals surface area contributed by atoms with Crippen molar-refractivity contribution in [2.24, 2.45) is 16.7 Å². The van der Waals surface area contributed by atoms with Gasteiger partial charge in [0, 0.05) is 19.8 Å². The van der Waals surface area contributed by atoms with E-state index in [4.69, 9.17) is 9.47 Å². The molecule has 0 saturated heterocycles. The van der Waals surface area contributed by atoms with Crippen LogP contribution in [0.4, 0.5) is 0 Å². The molecule has 164 valence electrons. The Bertz CT molecular complexity index is 702. The average Bonchev–Trinajstić information content (AvgIpc) is 2.56. The van der Waals surface area contributed by atoms with E-state index in [1.54, 1.807) is 0 Å². The van der Waals surface area contributed by atoms with Crippen molar-refractivity contribution in [1.82, 2.24) is 0 Å². The summed E-state index contributed by atoms with van der Waals surface area (Å²) >= 11 is 0. The molecule has 0 aromatic carbocycles. The van der Waals surface area contributed by atoms with Gasteiger partial charge in [0.15, 0.2) is 0 Å².